The van der Waals surface area contributed by atoms with Crippen LogP contribution < -0.4 is 4.90 Å². The Labute approximate surface area is 139 Å². The SMILES string of the molecule is Cc1csc(N(C(=O)C=Cc2ccccc2)c2ccccc2)n1. The minimum atomic E-state index is -0.116. The van der Waals surface area contributed by atoms with E-state index in [4.69, 9.17) is 0 Å². The summed E-state index contributed by atoms with van der Waals surface area (Å²) in [6, 6.07) is 19.3. The predicted octanol–water partition coefficient (Wildman–Crippen LogP) is 4.83. The van der Waals surface area contributed by atoms with Crippen molar-refractivity contribution in [1.29, 1.82) is 0 Å². The molecule has 2 aromatic carbocycles. The first kappa shape index (κ1) is 15.2. The maximum Gasteiger partial charge on any atom is 0.257 e. The van der Waals surface area contributed by atoms with Crippen molar-refractivity contribution in [2.75, 3.05) is 4.90 Å². The highest BCUT2D eigenvalue weighted by atomic mass is 32.1. The number of rotatable bonds is 4. The molecule has 0 aliphatic carbocycles. The molecule has 3 nitrogen and oxygen atoms in total. The molecule has 1 heterocycles. The zero-order valence-corrected chi connectivity index (χ0v) is 13.5. The van der Waals surface area contributed by atoms with Gasteiger partial charge in [-0.3, -0.25) is 9.69 Å². The fourth-order valence-corrected chi connectivity index (χ4v) is 2.99. The van der Waals surface area contributed by atoms with Crippen LogP contribution in [0.1, 0.15) is 11.3 Å². The lowest BCUT2D eigenvalue weighted by Crippen LogP contribution is -2.23. The summed E-state index contributed by atoms with van der Waals surface area (Å²) < 4.78 is 0. The number of para-hydroxylation sites is 1. The molecule has 0 atom stereocenters. The van der Waals surface area contributed by atoms with Gasteiger partial charge in [0.05, 0.1) is 11.4 Å². The molecule has 4 heteroatoms. The number of aryl methyl sites for hydroxylation is 1. The van der Waals surface area contributed by atoms with Gasteiger partial charge in [0.1, 0.15) is 0 Å². The van der Waals surface area contributed by atoms with Gasteiger partial charge in [-0.25, -0.2) is 4.98 Å². The number of anilines is 2. The van der Waals surface area contributed by atoms with Crippen molar-refractivity contribution < 1.29 is 4.79 Å². The smallest absolute Gasteiger partial charge is 0.257 e. The van der Waals surface area contributed by atoms with Gasteiger partial charge in [0.15, 0.2) is 5.13 Å². The summed E-state index contributed by atoms with van der Waals surface area (Å²) in [6.07, 6.45) is 3.40. The highest BCUT2D eigenvalue weighted by Gasteiger charge is 2.18. The summed E-state index contributed by atoms with van der Waals surface area (Å²) in [5.41, 5.74) is 2.71. The quantitative estimate of drug-likeness (QED) is 0.645. The van der Waals surface area contributed by atoms with Crippen LogP contribution >= 0.6 is 11.3 Å². The summed E-state index contributed by atoms with van der Waals surface area (Å²) in [7, 11) is 0. The Kier molecular flexibility index (Phi) is 4.64. The van der Waals surface area contributed by atoms with Crippen LogP contribution in [0.3, 0.4) is 0 Å². The van der Waals surface area contributed by atoms with Gasteiger partial charge in [-0.15, -0.1) is 11.3 Å². The molecule has 114 valence electrons. The van der Waals surface area contributed by atoms with E-state index in [2.05, 4.69) is 4.98 Å². The Hall–Kier alpha value is -2.72. The van der Waals surface area contributed by atoms with E-state index in [0.717, 1.165) is 16.9 Å². The van der Waals surface area contributed by atoms with E-state index in [0.29, 0.717) is 5.13 Å². The molecule has 0 unspecified atom stereocenters. The van der Waals surface area contributed by atoms with Gasteiger partial charge >= 0.3 is 0 Å². The zero-order chi connectivity index (χ0) is 16.1. The van der Waals surface area contributed by atoms with Crippen LogP contribution in [0.15, 0.2) is 72.1 Å². The average molecular weight is 320 g/mol. The Morgan fingerprint density at radius 2 is 1.70 bits per heavy atom. The van der Waals surface area contributed by atoms with Crippen LogP contribution in [0.4, 0.5) is 10.8 Å². The van der Waals surface area contributed by atoms with E-state index in [1.54, 1.807) is 11.0 Å². The molecular formula is C19H16N2OS. The third-order valence-electron chi connectivity index (χ3n) is 3.25. The second-order valence-corrected chi connectivity index (χ2v) is 5.86. The van der Waals surface area contributed by atoms with Gasteiger partial charge in [0.2, 0.25) is 0 Å². The summed E-state index contributed by atoms with van der Waals surface area (Å²) in [5, 5.41) is 2.62. The lowest BCUT2D eigenvalue weighted by Gasteiger charge is -2.18. The number of carbonyl (C=O) groups excluding carboxylic acids is 1. The molecule has 3 aromatic rings. The predicted molar refractivity (Wildman–Crippen MR) is 95.9 cm³/mol. The summed E-state index contributed by atoms with van der Waals surface area (Å²) >= 11 is 1.46. The molecule has 3 rings (SSSR count). The normalized spacial score (nSPS) is 10.8. The number of nitrogens with zero attached hydrogens (tertiary/aromatic N) is 2. The number of hydrogen-bond donors (Lipinski definition) is 0. The van der Waals surface area contributed by atoms with Crippen LogP contribution in [0.2, 0.25) is 0 Å². The molecule has 0 radical (unpaired) electrons. The van der Waals surface area contributed by atoms with Crippen LogP contribution in [0.25, 0.3) is 6.08 Å². The Morgan fingerprint density at radius 3 is 2.30 bits per heavy atom. The van der Waals surface area contributed by atoms with Crippen LogP contribution in [0, 0.1) is 6.92 Å². The first-order chi connectivity index (χ1) is 11.2. The minimum absolute atomic E-state index is 0.116. The lowest BCUT2D eigenvalue weighted by molar-refractivity contribution is -0.113. The minimum Gasteiger partial charge on any atom is -0.269 e. The number of carbonyl (C=O) groups is 1. The highest BCUT2D eigenvalue weighted by molar-refractivity contribution is 7.14. The lowest BCUT2D eigenvalue weighted by atomic mass is 10.2. The molecule has 0 spiro atoms. The van der Waals surface area contributed by atoms with Crippen molar-refractivity contribution in [3.05, 3.63) is 83.4 Å². The number of thiazole rings is 1. The Bertz CT molecular complexity index is 810. The van der Waals surface area contributed by atoms with Crippen molar-refractivity contribution in [2.24, 2.45) is 0 Å². The summed E-state index contributed by atoms with van der Waals surface area (Å²) in [4.78, 5) is 18.8. The number of benzene rings is 2. The fraction of sp³-hybridized carbons (Fsp3) is 0.0526. The fourth-order valence-electron chi connectivity index (χ4n) is 2.16. The van der Waals surface area contributed by atoms with Crippen molar-refractivity contribution >= 4 is 34.1 Å². The number of aromatic nitrogens is 1. The third kappa shape index (κ3) is 3.73. The molecule has 0 fully saturated rings. The zero-order valence-electron chi connectivity index (χ0n) is 12.7. The molecule has 23 heavy (non-hydrogen) atoms. The van der Waals surface area contributed by atoms with E-state index >= 15 is 0 Å². The number of hydrogen-bond acceptors (Lipinski definition) is 3. The van der Waals surface area contributed by atoms with Crippen molar-refractivity contribution in [3.63, 3.8) is 0 Å². The summed E-state index contributed by atoms with van der Waals surface area (Å²) in [5.74, 6) is -0.116. The van der Waals surface area contributed by atoms with Gasteiger partial charge in [-0.1, -0.05) is 48.5 Å². The third-order valence-corrected chi connectivity index (χ3v) is 4.19. The Morgan fingerprint density at radius 1 is 1.04 bits per heavy atom. The van der Waals surface area contributed by atoms with E-state index in [1.165, 1.54) is 11.3 Å². The molecule has 0 aliphatic heterocycles. The molecule has 0 N–H and O–H groups in total. The highest BCUT2D eigenvalue weighted by Crippen LogP contribution is 2.28. The monoisotopic (exact) mass is 320 g/mol. The molecule has 0 saturated carbocycles. The van der Waals surface area contributed by atoms with Gasteiger partial charge in [0.25, 0.3) is 5.91 Å². The maximum absolute atomic E-state index is 12.7. The maximum atomic E-state index is 12.7. The first-order valence-electron chi connectivity index (χ1n) is 7.28. The topological polar surface area (TPSA) is 33.2 Å². The summed E-state index contributed by atoms with van der Waals surface area (Å²) in [6.45, 7) is 1.92. The van der Waals surface area contributed by atoms with Gasteiger partial charge in [0, 0.05) is 11.5 Å². The van der Waals surface area contributed by atoms with E-state index < -0.39 is 0 Å². The van der Waals surface area contributed by atoms with E-state index in [1.807, 2.05) is 79.0 Å². The number of amides is 1. The van der Waals surface area contributed by atoms with Crippen LogP contribution in [0.5, 0.6) is 0 Å². The van der Waals surface area contributed by atoms with Crippen molar-refractivity contribution in [1.82, 2.24) is 4.98 Å². The average Bonchev–Trinajstić information content (AvgIpc) is 3.01. The van der Waals surface area contributed by atoms with Crippen LogP contribution in [-0.4, -0.2) is 10.9 Å². The molecule has 0 aliphatic rings. The molecule has 1 aromatic heterocycles. The molecule has 1 amide bonds. The molecular weight excluding hydrogens is 304 g/mol. The molecule has 0 saturated heterocycles. The largest absolute Gasteiger partial charge is 0.269 e. The van der Waals surface area contributed by atoms with E-state index in [9.17, 15) is 4.79 Å². The standard InChI is InChI=1S/C19H16N2OS/c1-15-14-23-19(20-15)21(17-10-6-3-7-11-17)18(22)13-12-16-8-4-2-5-9-16/h2-14H,1H3. The van der Waals surface area contributed by atoms with Gasteiger partial charge < -0.3 is 0 Å². The van der Waals surface area contributed by atoms with Gasteiger partial charge in [-0.05, 0) is 30.7 Å². The second kappa shape index (κ2) is 7.03. The van der Waals surface area contributed by atoms with Gasteiger partial charge in [-0.2, -0.15) is 0 Å². The molecule has 0 bridgehead atoms. The Balaban J connectivity index is 1.92. The second-order valence-electron chi connectivity index (χ2n) is 5.02. The van der Waals surface area contributed by atoms with Crippen LogP contribution in [-0.2, 0) is 4.79 Å². The van der Waals surface area contributed by atoms with E-state index in [-0.39, 0.29) is 5.91 Å². The van der Waals surface area contributed by atoms with Crippen molar-refractivity contribution in [3.8, 4) is 0 Å². The van der Waals surface area contributed by atoms with Crippen molar-refractivity contribution in [2.45, 2.75) is 6.92 Å². The first-order valence-corrected chi connectivity index (χ1v) is 8.16.